The van der Waals surface area contributed by atoms with Crippen molar-refractivity contribution in [2.45, 2.75) is 6.04 Å². The number of rotatable bonds is 2. The van der Waals surface area contributed by atoms with Gasteiger partial charge in [-0.3, -0.25) is 0 Å². The molecule has 0 aliphatic rings. The van der Waals surface area contributed by atoms with Crippen molar-refractivity contribution < 1.29 is 4.39 Å². The average Bonchev–Trinajstić information content (AvgIpc) is 2.38. The van der Waals surface area contributed by atoms with Gasteiger partial charge in [0, 0.05) is 18.1 Å². The Hall–Kier alpha value is 0.310. The van der Waals surface area contributed by atoms with Gasteiger partial charge in [0.1, 0.15) is 5.82 Å². The van der Waals surface area contributed by atoms with Crippen LogP contribution in [-0.2, 0) is 0 Å². The minimum Gasteiger partial charge on any atom is -0.320 e. The maximum atomic E-state index is 14.2. The Labute approximate surface area is 146 Å². The monoisotopic (exact) mass is 517 g/mol. The van der Waals surface area contributed by atoms with E-state index in [1.165, 1.54) is 0 Å². The Balaban J connectivity index is 2.53. The quantitative estimate of drug-likeness (QED) is 0.403. The molecule has 0 bridgehead atoms. The SMILES string of the molecule is NC(c1cc(I)ccc1Br)c1ccc(Br)c(Cl)c1F. The minimum atomic E-state index is -0.574. The minimum absolute atomic E-state index is 0.0506. The molecule has 1 atom stereocenters. The van der Waals surface area contributed by atoms with Crippen LogP contribution < -0.4 is 5.73 Å². The van der Waals surface area contributed by atoms with Crippen molar-refractivity contribution in [2.24, 2.45) is 5.73 Å². The Morgan fingerprint density at radius 1 is 1.11 bits per heavy atom. The summed E-state index contributed by atoms with van der Waals surface area (Å²) in [4.78, 5) is 0. The van der Waals surface area contributed by atoms with Crippen LogP contribution in [0.3, 0.4) is 0 Å². The molecule has 0 aromatic heterocycles. The van der Waals surface area contributed by atoms with Gasteiger partial charge < -0.3 is 5.73 Å². The molecule has 0 aliphatic carbocycles. The topological polar surface area (TPSA) is 26.0 Å². The molecule has 2 aromatic carbocycles. The Morgan fingerprint density at radius 3 is 2.42 bits per heavy atom. The number of hydrogen-bond acceptors (Lipinski definition) is 1. The molecule has 100 valence electrons. The van der Waals surface area contributed by atoms with Crippen LogP contribution in [-0.4, -0.2) is 0 Å². The lowest BCUT2D eigenvalue weighted by molar-refractivity contribution is 0.599. The van der Waals surface area contributed by atoms with E-state index in [1.54, 1.807) is 12.1 Å². The fourth-order valence-corrected chi connectivity index (χ4v) is 3.19. The van der Waals surface area contributed by atoms with Crippen LogP contribution in [0.4, 0.5) is 4.39 Å². The Kier molecular flexibility index (Phi) is 5.28. The zero-order valence-electron chi connectivity index (χ0n) is 9.43. The smallest absolute Gasteiger partial charge is 0.148 e. The summed E-state index contributed by atoms with van der Waals surface area (Å²) in [6, 6.07) is 8.53. The maximum Gasteiger partial charge on any atom is 0.148 e. The molecule has 0 saturated carbocycles. The first kappa shape index (κ1) is 15.7. The van der Waals surface area contributed by atoms with E-state index in [4.69, 9.17) is 17.3 Å². The predicted molar refractivity (Wildman–Crippen MR) is 92.0 cm³/mol. The molecule has 1 unspecified atom stereocenters. The average molecular weight is 519 g/mol. The molecular weight excluding hydrogens is 511 g/mol. The van der Waals surface area contributed by atoms with E-state index in [2.05, 4.69) is 54.5 Å². The molecule has 6 heteroatoms. The Bertz CT molecular complexity index is 636. The molecule has 2 N–H and O–H groups in total. The van der Waals surface area contributed by atoms with Crippen molar-refractivity contribution in [1.29, 1.82) is 0 Å². The molecule has 19 heavy (non-hydrogen) atoms. The van der Waals surface area contributed by atoms with Gasteiger partial charge in [0.05, 0.1) is 11.1 Å². The zero-order valence-corrected chi connectivity index (χ0v) is 15.5. The first-order valence-corrected chi connectivity index (χ1v) is 8.30. The molecule has 0 amide bonds. The number of benzene rings is 2. The first-order chi connectivity index (χ1) is 8.91. The van der Waals surface area contributed by atoms with Crippen molar-refractivity contribution in [3.8, 4) is 0 Å². The van der Waals surface area contributed by atoms with Gasteiger partial charge in [-0.05, 0) is 68.3 Å². The van der Waals surface area contributed by atoms with Crippen molar-refractivity contribution >= 4 is 66.1 Å². The molecule has 1 nitrogen and oxygen atoms in total. The normalized spacial score (nSPS) is 12.5. The lowest BCUT2D eigenvalue weighted by atomic mass is 9.99. The second-order valence-corrected chi connectivity index (χ2v) is 7.24. The van der Waals surface area contributed by atoms with Crippen molar-refractivity contribution in [1.82, 2.24) is 0 Å². The number of nitrogens with two attached hydrogens (primary N) is 1. The van der Waals surface area contributed by atoms with E-state index in [-0.39, 0.29) is 5.02 Å². The van der Waals surface area contributed by atoms with Crippen LogP contribution in [0.2, 0.25) is 5.02 Å². The largest absolute Gasteiger partial charge is 0.320 e. The van der Waals surface area contributed by atoms with Crippen LogP contribution in [0.5, 0.6) is 0 Å². The van der Waals surface area contributed by atoms with E-state index in [9.17, 15) is 4.39 Å². The highest BCUT2D eigenvalue weighted by molar-refractivity contribution is 14.1. The summed E-state index contributed by atoms with van der Waals surface area (Å²) in [5, 5.41) is 0.0506. The molecule has 0 saturated heterocycles. The first-order valence-electron chi connectivity index (χ1n) is 5.25. The zero-order chi connectivity index (χ0) is 14.2. The summed E-state index contributed by atoms with van der Waals surface area (Å²) < 4.78 is 16.6. The highest BCUT2D eigenvalue weighted by atomic mass is 127. The van der Waals surface area contributed by atoms with E-state index < -0.39 is 11.9 Å². The second-order valence-electron chi connectivity index (χ2n) is 3.91. The molecule has 2 aromatic rings. The van der Waals surface area contributed by atoms with Gasteiger partial charge in [0.15, 0.2) is 0 Å². The third-order valence-corrected chi connectivity index (χ3v) is 5.35. The van der Waals surface area contributed by atoms with Crippen molar-refractivity contribution in [3.63, 3.8) is 0 Å². The summed E-state index contributed by atoms with van der Waals surface area (Å²) >= 11 is 14.7. The van der Waals surface area contributed by atoms with Gasteiger partial charge in [0.25, 0.3) is 0 Å². The Morgan fingerprint density at radius 2 is 1.74 bits per heavy atom. The standard InChI is InChI=1S/C13H8Br2ClFIN/c14-9-3-1-6(18)5-8(9)13(19)7-2-4-10(15)11(16)12(7)17/h1-5,13H,19H2. The van der Waals surface area contributed by atoms with Crippen LogP contribution in [0, 0.1) is 9.39 Å². The molecule has 0 fully saturated rings. The summed E-state index contributed by atoms with van der Waals surface area (Å²) in [5.41, 5.74) is 7.35. The lowest BCUT2D eigenvalue weighted by Gasteiger charge is -2.16. The van der Waals surface area contributed by atoms with Gasteiger partial charge in [-0.15, -0.1) is 0 Å². The van der Waals surface area contributed by atoms with Gasteiger partial charge >= 0.3 is 0 Å². The summed E-state index contributed by atoms with van der Waals surface area (Å²) in [6.45, 7) is 0. The highest BCUT2D eigenvalue weighted by Gasteiger charge is 2.19. The molecule has 0 heterocycles. The summed E-state index contributed by atoms with van der Waals surface area (Å²) in [6.07, 6.45) is 0. The second kappa shape index (κ2) is 6.39. The van der Waals surface area contributed by atoms with E-state index in [0.717, 1.165) is 13.6 Å². The number of halogens is 5. The van der Waals surface area contributed by atoms with E-state index in [1.807, 2.05) is 18.2 Å². The molecule has 2 rings (SSSR count). The van der Waals surface area contributed by atoms with Gasteiger partial charge in [-0.25, -0.2) is 4.39 Å². The van der Waals surface area contributed by atoms with Gasteiger partial charge in [-0.1, -0.05) is 33.6 Å². The van der Waals surface area contributed by atoms with Crippen molar-refractivity contribution in [2.75, 3.05) is 0 Å². The van der Waals surface area contributed by atoms with Crippen molar-refractivity contribution in [3.05, 3.63) is 64.8 Å². The van der Waals surface area contributed by atoms with Crippen LogP contribution in [0.15, 0.2) is 39.3 Å². The highest BCUT2D eigenvalue weighted by Crippen LogP contribution is 2.34. The fraction of sp³-hybridized carbons (Fsp3) is 0.0769. The summed E-state index contributed by atoms with van der Waals surface area (Å²) in [7, 11) is 0. The molecule has 0 aliphatic heterocycles. The lowest BCUT2D eigenvalue weighted by Crippen LogP contribution is -2.14. The fourth-order valence-electron chi connectivity index (χ4n) is 1.70. The van der Waals surface area contributed by atoms with Crippen LogP contribution >= 0.6 is 66.1 Å². The number of hydrogen-bond donors (Lipinski definition) is 1. The summed E-state index contributed by atoms with van der Waals surface area (Å²) in [5.74, 6) is -0.491. The molecule has 0 spiro atoms. The van der Waals surface area contributed by atoms with Crippen LogP contribution in [0.1, 0.15) is 17.2 Å². The van der Waals surface area contributed by atoms with Crippen LogP contribution in [0.25, 0.3) is 0 Å². The maximum absolute atomic E-state index is 14.2. The third-order valence-electron chi connectivity index (χ3n) is 2.69. The van der Waals surface area contributed by atoms with E-state index in [0.29, 0.717) is 10.0 Å². The molecule has 0 radical (unpaired) electrons. The van der Waals surface area contributed by atoms with E-state index >= 15 is 0 Å². The predicted octanol–water partition coefficient (Wildman–Crippen LogP) is 5.66. The van der Waals surface area contributed by atoms with Gasteiger partial charge in [0.2, 0.25) is 0 Å². The molecular formula is C13H8Br2ClFIN. The van der Waals surface area contributed by atoms with Gasteiger partial charge in [-0.2, -0.15) is 0 Å². The third kappa shape index (κ3) is 3.32.